The third kappa shape index (κ3) is 12.6. The third-order valence-electron chi connectivity index (χ3n) is 1.55. The van der Waals surface area contributed by atoms with Crippen LogP contribution in [0.15, 0.2) is 0 Å². The first-order chi connectivity index (χ1) is 5.52. The largest absolute Gasteiger partial charge is 0.309 e. The van der Waals surface area contributed by atoms with Crippen LogP contribution in [-0.2, 0) is 0 Å². The molecule has 0 spiro atoms. The first-order valence-corrected chi connectivity index (χ1v) is 5.17. The van der Waals surface area contributed by atoms with Gasteiger partial charge in [-0.15, -0.1) is 0 Å². The second kappa shape index (κ2) is 9.05. The summed E-state index contributed by atoms with van der Waals surface area (Å²) in [6.07, 6.45) is 1.35. The minimum absolute atomic E-state index is 0.843. The lowest BCUT2D eigenvalue weighted by Crippen LogP contribution is -2.20. The summed E-state index contributed by atoms with van der Waals surface area (Å²) in [4.78, 5) is 2.26. The summed E-state index contributed by atoms with van der Waals surface area (Å²) >= 11 is 0. The maximum absolute atomic E-state index is 2.32. The average molecular weight is 173 g/mol. The van der Waals surface area contributed by atoms with Crippen molar-refractivity contribution in [1.82, 2.24) is 4.90 Å². The van der Waals surface area contributed by atoms with Crippen LogP contribution in [0.5, 0.6) is 0 Å². The van der Waals surface area contributed by atoms with Gasteiger partial charge in [-0.1, -0.05) is 34.6 Å². The van der Waals surface area contributed by atoms with Crippen molar-refractivity contribution >= 4 is 0 Å². The van der Waals surface area contributed by atoms with Crippen molar-refractivity contribution in [3.8, 4) is 0 Å². The zero-order chi connectivity index (χ0) is 10.1. The molecule has 0 aromatic carbocycles. The lowest BCUT2D eigenvalue weighted by Gasteiger charge is -2.18. The molecule has 0 bridgehead atoms. The topological polar surface area (TPSA) is 3.24 Å². The second-order valence-electron chi connectivity index (χ2n) is 4.00. The van der Waals surface area contributed by atoms with Gasteiger partial charge < -0.3 is 4.90 Å². The highest BCUT2D eigenvalue weighted by Gasteiger charge is 2.04. The van der Waals surface area contributed by atoms with Crippen molar-refractivity contribution in [2.75, 3.05) is 20.6 Å². The van der Waals surface area contributed by atoms with Gasteiger partial charge in [0.1, 0.15) is 0 Å². The van der Waals surface area contributed by atoms with Crippen LogP contribution >= 0.6 is 0 Å². The highest BCUT2D eigenvalue weighted by molar-refractivity contribution is 4.58. The van der Waals surface area contributed by atoms with Crippen LogP contribution in [-0.4, -0.2) is 25.5 Å². The SMILES string of the molecule is CC.CC(C)CC(C)CN(C)C. The van der Waals surface area contributed by atoms with Crippen LogP contribution in [0.1, 0.15) is 41.0 Å². The maximum Gasteiger partial charge on any atom is 0.000102 e. The Morgan fingerprint density at radius 3 is 1.67 bits per heavy atom. The molecule has 0 aliphatic heterocycles. The number of hydrogen-bond acceptors (Lipinski definition) is 1. The molecule has 1 heteroatoms. The van der Waals surface area contributed by atoms with Gasteiger partial charge in [0.2, 0.25) is 0 Å². The van der Waals surface area contributed by atoms with Crippen molar-refractivity contribution in [3.63, 3.8) is 0 Å². The molecule has 0 aromatic heterocycles. The molecular formula is C11H27N. The summed E-state index contributed by atoms with van der Waals surface area (Å²) < 4.78 is 0. The minimum Gasteiger partial charge on any atom is -0.309 e. The molecule has 76 valence electrons. The second-order valence-corrected chi connectivity index (χ2v) is 4.00. The maximum atomic E-state index is 2.32. The van der Waals surface area contributed by atoms with Crippen LogP contribution < -0.4 is 0 Å². The zero-order valence-corrected chi connectivity index (χ0v) is 10.0. The van der Waals surface area contributed by atoms with Crippen molar-refractivity contribution in [2.45, 2.75) is 41.0 Å². The molecule has 0 aliphatic rings. The van der Waals surface area contributed by atoms with Crippen LogP contribution in [0.4, 0.5) is 0 Å². The molecule has 0 radical (unpaired) electrons. The van der Waals surface area contributed by atoms with E-state index < -0.39 is 0 Å². The molecule has 0 saturated carbocycles. The molecule has 1 atom stereocenters. The summed E-state index contributed by atoms with van der Waals surface area (Å²) in [5, 5.41) is 0. The summed E-state index contributed by atoms with van der Waals surface area (Å²) in [6, 6.07) is 0. The van der Waals surface area contributed by atoms with Gasteiger partial charge in [-0.05, 0) is 32.4 Å². The van der Waals surface area contributed by atoms with E-state index in [2.05, 4.69) is 39.8 Å². The summed E-state index contributed by atoms with van der Waals surface area (Å²) in [7, 11) is 4.27. The van der Waals surface area contributed by atoms with Crippen molar-refractivity contribution in [3.05, 3.63) is 0 Å². The van der Waals surface area contributed by atoms with E-state index in [0.717, 1.165) is 11.8 Å². The Labute approximate surface area is 79.2 Å². The molecular weight excluding hydrogens is 146 g/mol. The Morgan fingerprint density at radius 1 is 1.00 bits per heavy atom. The van der Waals surface area contributed by atoms with E-state index in [-0.39, 0.29) is 0 Å². The highest BCUT2D eigenvalue weighted by Crippen LogP contribution is 2.10. The minimum atomic E-state index is 0.843. The van der Waals surface area contributed by atoms with E-state index >= 15 is 0 Å². The summed E-state index contributed by atoms with van der Waals surface area (Å²) in [5.74, 6) is 1.69. The van der Waals surface area contributed by atoms with Gasteiger partial charge in [-0.25, -0.2) is 0 Å². The summed E-state index contributed by atoms with van der Waals surface area (Å²) in [5.41, 5.74) is 0. The Morgan fingerprint density at radius 2 is 1.42 bits per heavy atom. The van der Waals surface area contributed by atoms with E-state index in [0.29, 0.717) is 0 Å². The predicted molar refractivity (Wildman–Crippen MR) is 58.5 cm³/mol. The number of rotatable bonds is 4. The first-order valence-electron chi connectivity index (χ1n) is 5.17. The molecule has 0 rings (SSSR count). The molecule has 12 heavy (non-hydrogen) atoms. The Hall–Kier alpha value is -0.0400. The molecule has 0 aromatic rings. The van der Waals surface area contributed by atoms with Gasteiger partial charge in [0.15, 0.2) is 0 Å². The fourth-order valence-corrected chi connectivity index (χ4v) is 1.50. The molecule has 0 fully saturated rings. The lowest BCUT2D eigenvalue weighted by molar-refractivity contribution is 0.306. The molecule has 0 heterocycles. The van der Waals surface area contributed by atoms with Crippen LogP contribution in [0.3, 0.4) is 0 Å². The summed E-state index contributed by atoms with van der Waals surface area (Å²) in [6.45, 7) is 12.1. The lowest BCUT2D eigenvalue weighted by atomic mass is 9.99. The van der Waals surface area contributed by atoms with Gasteiger partial charge in [0, 0.05) is 6.54 Å². The van der Waals surface area contributed by atoms with E-state index in [9.17, 15) is 0 Å². The van der Waals surface area contributed by atoms with Gasteiger partial charge in [0.25, 0.3) is 0 Å². The van der Waals surface area contributed by atoms with Crippen LogP contribution in [0.2, 0.25) is 0 Å². The molecule has 0 aliphatic carbocycles. The van der Waals surface area contributed by atoms with E-state index in [1.165, 1.54) is 13.0 Å². The average Bonchev–Trinajstić information content (AvgIpc) is 1.87. The fourth-order valence-electron chi connectivity index (χ4n) is 1.50. The van der Waals surface area contributed by atoms with Crippen LogP contribution in [0, 0.1) is 11.8 Å². The Bertz CT molecular complexity index is 67.1. The molecule has 1 unspecified atom stereocenters. The highest BCUT2D eigenvalue weighted by atomic mass is 15.1. The zero-order valence-electron chi connectivity index (χ0n) is 10.0. The third-order valence-corrected chi connectivity index (χ3v) is 1.55. The van der Waals surface area contributed by atoms with Gasteiger partial charge >= 0.3 is 0 Å². The van der Waals surface area contributed by atoms with Crippen molar-refractivity contribution in [1.29, 1.82) is 0 Å². The quantitative estimate of drug-likeness (QED) is 0.631. The van der Waals surface area contributed by atoms with E-state index in [4.69, 9.17) is 0 Å². The fraction of sp³-hybridized carbons (Fsp3) is 1.00. The Balaban J connectivity index is 0. The van der Waals surface area contributed by atoms with E-state index in [1.807, 2.05) is 13.8 Å². The predicted octanol–water partition coefficient (Wildman–Crippen LogP) is 3.26. The molecule has 0 amide bonds. The molecule has 0 saturated heterocycles. The molecule has 0 N–H and O–H groups in total. The van der Waals surface area contributed by atoms with Gasteiger partial charge in [-0.3, -0.25) is 0 Å². The monoisotopic (exact) mass is 173 g/mol. The van der Waals surface area contributed by atoms with Gasteiger partial charge in [-0.2, -0.15) is 0 Å². The normalized spacial score (nSPS) is 12.8. The standard InChI is InChI=1S/C9H21N.C2H6/c1-8(2)6-9(3)7-10(4)5;1-2/h8-9H,6-7H2,1-5H3;1-2H3. The van der Waals surface area contributed by atoms with Crippen LogP contribution in [0.25, 0.3) is 0 Å². The first kappa shape index (κ1) is 14.5. The smallest absolute Gasteiger partial charge is 0.000102 e. The van der Waals surface area contributed by atoms with Crippen molar-refractivity contribution < 1.29 is 0 Å². The van der Waals surface area contributed by atoms with E-state index in [1.54, 1.807) is 0 Å². The number of nitrogens with zero attached hydrogens (tertiary/aromatic N) is 1. The number of hydrogen-bond donors (Lipinski definition) is 0. The Kier molecular flexibility index (Phi) is 10.9. The molecule has 1 nitrogen and oxygen atoms in total. The van der Waals surface area contributed by atoms with Crippen molar-refractivity contribution in [2.24, 2.45) is 11.8 Å². The van der Waals surface area contributed by atoms with Gasteiger partial charge in [0.05, 0.1) is 0 Å².